The van der Waals surface area contributed by atoms with Crippen LogP contribution in [0.1, 0.15) is 57.2 Å². The van der Waals surface area contributed by atoms with Gasteiger partial charge in [-0.1, -0.05) is 90.5 Å². The van der Waals surface area contributed by atoms with Gasteiger partial charge in [0.1, 0.15) is 17.4 Å². The van der Waals surface area contributed by atoms with Crippen molar-refractivity contribution < 1.29 is 22.9 Å². The van der Waals surface area contributed by atoms with Gasteiger partial charge in [-0.15, -0.1) is 0 Å². The third kappa shape index (κ3) is 5.46. The van der Waals surface area contributed by atoms with Gasteiger partial charge in [-0.05, 0) is 12.5 Å². The minimum absolute atomic E-state index is 0.128. The van der Waals surface area contributed by atoms with Gasteiger partial charge in [0, 0.05) is 17.5 Å². The molecule has 2 N–H and O–H groups in total. The fraction of sp³-hybridized carbons (Fsp3) is 0.312. The van der Waals surface area contributed by atoms with Crippen molar-refractivity contribution in [2.24, 2.45) is 0 Å². The summed E-state index contributed by atoms with van der Waals surface area (Å²) in [5, 5.41) is 7.29. The third-order valence-electron chi connectivity index (χ3n) is 8.32. The maximum atomic E-state index is 14.2. The van der Waals surface area contributed by atoms with Crippen LogP contribution in [0.25, 0.3) is 0 Å². The molecular formula is C32H33F3N5O+. The van der Waals surface area contributed by atoms with E-state index in [-0.39, 0.29) is 29.8 Å². The van der Waals surface area contributed by atoms with Crippen molar-refractivity contribution >= 4 is 11.7 Å². The topological polar surface area (TPSA) is 54.6 Å². The number of rotatable bonds is 5. The first kappa shape index (κ1) is 27.1. The molecule has 0 radical (unpaired) electrons. The molecule has 0 aliphatic carbocycles. The van der Waals surface area contributed by atoms with E-state index in [0.717, 1.165) is 15.8 Å². The molecule has 1 amide bonds. The van der Waals surface area contributed by atoms with Crippen LogP contribution in [0.4, 0.5) is 19.0 Å². The van der Waals surface area contributed by atoms with Crippen LogP contribution in [-0.2, 0) is 0 Å². The van der Waals surface area contributed by atoms with Crippen LogP contribution in [0.3, 0.4) is 0 Å². The summed E-state index contributed by atoms with van der Waals surface area (Å²) in [4.78, 5) is 16.8. The van der Waals surface area contributed by atoms with Crippen molar-refractivity contribution in [3.05, 3.63) is 119 Å². The first-order chi connectivity index (χ1) is 19.8. The number of piperazine rings is 1. The van der Waals surface area contributed by atoms with E-state index in [1.165, 1.54) is 22.2 Å². The lowest BCUT2D eigenvalue weighted by Crippen LogP contribution is -3.15. The zero-order valence-electron chi connectivity index (χ0n) is 22.8. The molecule has 41 heavy (non-hydrogen) atoms. The minimum Gasteiger partial charge on any atom is -0.363 e. The number of amides is 1. The van der Waals surface area contributed by atoms with Gasteiger partial charge in [0.2, 0.25) is 0 Å². The summed E-state index contributed by atoms with van der Waals surface area (Å²) in [7, 11) is 0. The van der Waals surface area contributed by atoms with Gasteiger partial charge in [0.15, 0.2) is 6.04 Å². The molecule has 1 fully saturated rings. The van der Waals surface area contributed by atoms with Crippen LogP contribution in [0.5, 0.6) is 0 Å². The lowest BCUT2D eigenvalue weighted by molar-refractivity contribution is -0.929. The van der Waals surface area contributed by atoms with E-state index in [2.05, 4.69) is 34.7 Å². The number of fused-ring (bicyclic) bond motifs is 1. The van der Waals surface area contributed by atoms with E-state index in [0.29, 0.717) is 26.2 Å². The highest BCUT2D eigenvalue weighted by Gasteiger charge is 2.47. The van der Waals surface area contributed by atoms with E-state index in [1.54, 1.807) is 4.90 Å². The van der Waals surface area contributed by atoms with Crippen molar-refractivity contribution in [3.63, 3.8) is 0 Å². The van der Waals surface area contributed by atoms with Crippen LogP contribution in [0.15, 0.2) is 91.1 Å². The summed E-state index contributed by atoms with van der Waals surface area (Å²) in [5.41, 5.74) is 4.39. The molecule has 0 bridgehead atoms. The zero-order chi connectivity index (χ0) is 28.6. The molecule has 3 aromatic carbocycles. The molecule has 0 saturated carbocycles. The van der Waals surface area contributed by atoms with Gasteiger partial charge >= 0.3 is 6.18 Å². The molecule has 2 atom stereocenters. The summed E-state index contributed by atoms with van der Waals surface area (Å²) in [6.45, 7) is 4.37. The Morgan fingerprint density at radius 3 is 2.07 bits per heavy atom. The standard InChI is InChI=1S/C32H32F3N5O/c1-22-12-14-23(15-13-22)27-20-28(32(33,34)35)40-30(37-27)26(21-36-40)31(41)39-18-16-38(17-19-39)29(24-8-4-2-5-9-24)25-10-6-3-7-11-25/h2-15,21,27-29,37H,16-20H2,1H3/p+1. The summed E-state index contributed by atoms with van der Waals surface area (Å²) >= 11 is 0. The molecule has 3 heterocycles. The van der Waals surface area contributed by atoms with E-state index in [1.807, 2.05) is 67.6 Å². The molecule has 6 nitrogen and oxygen atoms in total. The van der Waals surface area contributed by atoms with Gasteiger partial charge in [-0.3, -0.25) is 4.79 Å². The summed E-state index contributed by atoms with van der Waals surface area (Å²) in [5.74, 6) is -0.158. The Labute approximate surface area is 237 Å². The fourth-order valence-corrected chi connectivity index (χ4v) is 6.15. The van der Waals surface area contributed by atoms with E-state index in [4.69, 9.17) is 0 Å². The number of anilines is 1. The van der Waals surface area contributed by atoms with E-state index < -0.39 is 18.3 Å². The SMILES string of the molecule is Cc1ccc(C2CC(C(F)(F)F)n3ncc(C(=O)N4CC[NH+](C(c5ccccc5)c5ccccc5)CC4)c3N2)cc1. The number of quaternary nitrogens is 1. The third-order valence-corrected chi connectivity index (χ3v) is 8.32. The number of aromatic nitrogens is 2. The molecule has 9 heteroatoms. The predicted molar refractivity (Wildman–Crippen MR) is 151 cm³/mol. The Morgan fingerprint density at radius 2 is 1.51 bits per heavy atom. The Balaban J connectivity index is 1.23. The number of carbonyl (C=O) groups is 1. The number of halogens is 3. The van der Waals surface area contributed by atoms with Gasteiger partial charge in [0.25, 0.3) is 5.91 Å². The summed E-state index contributed by atoms with van der Waals surface area (Å²) in [6.07, 6.45) is -3.40. The summed E-state index contributed by atoms with van der Waals surface area (Å²) < 4.78 is 43.4. The molecule has 4 aromatic rings. The number of aryl methyl sites for hydroxylation is 1. The number of alkyl halides is 3. The van der Waals surface area contributed by atoms with Crippen molar-refractivity contribution in [1.82, 2.24) is 14.7 Å². The minimum atomic E-state index is -4.50. The Kier molecular flexibility index (Phi) is 7.30. The molecule has 212 valence electrons. The maximum Gasteiger partial charge on any atom is 0.410 e. The van der Waals surface area contributed by atoms with Crippen LogP contribution in [-0.4, -0.2) is 52.9 Å². The number of benzene rings is 3. The van der Waals surface area contributed by atoms with Gasteiger partial charge in [-0.2, -0.15) is 18.3 Å². The Hall–Kier alpha value is -4.11. The largest absolute Gasteiger partial charge is 0.410 e. The smallest absolute Gasteiger partial charge is 0.363 e. The number of hydrogen-bond donors (Lipinski definition) is 2. The number of nitrogens with one attached hydrogen (secondary N) is 2. The van der Waals surface area contributed by atoms with Gasteiger partial charge < -0.3 is 15.1 Å². The fourth-order valence-electron chi connectivity index (χ4n) is 6.15. The average molecular weight is 561 g/mol. The van der Waals surface area contributed by atoms with Crippen LogP contribution in [0, 0.1) is 6.92 Å². The normalized spacial score (nSPS) is 19.6. The molecule has 1 aromatic heterocycles. The molecule has 6 rings (SSSR count). The van der Waals surface area contributed by atoms with Crippen molar-refractivity contribution in [3.8, 4) is 0 Å². The lowest BCUT2D eigenvalue weighted by atomic mass is 9.95. The first-order valence-electron chi connectivity index (χ1n) is 14.0. The highest BCUT2D eigenvalue weighted by Crippen LogP contribution is 2.44. The average Bonchev–Trinajstić information content (AvgIpc) is 3.42. The lowest BCUT2D eigenvalue weighted by Gasteiger charge is -2.37. The molecule has 1 saturated heterocycles. The van der Waals surface area contributed by atoms with E-state index in [9.17, 15) is 18.0 Å². The number of hydrogen-bond acceptors (Lipinski definition) is 3. The zero-order valence-corrected chi connectivity index (χ0v) is 22.8. The second kappa shape index (κ2) is 11.0. The molecule has 0 spiro atoms. The van der Waals surface area contributed by atoms with Crippen molar-refractivity contribution in [2.75, 3.05) is 31.5 Å². The van der Waals surface area contributed by atoms with Gasteiger partial charge in [-0.25, -0.2) is 4.68 Å². The van der Waals surface area contributed by atoms with Gasteiger partial charge in [0.05, 0.1) is 38.4 Å². The highest BCUT2D eigenvalue weighted by molar-refractivity contribution is 5.99. The molecule has 2 aliphatic heterocycles. The molecular weight excluding hydrogens is 527 g/mol. The monoisotopic (exact) mass is 560 g/mol. The maximum absolute atomic E-state index is 14.2. The Bertz CT molecular complexity index is 1440. The molecule has 2 unspecified atom stereocenters. The highest BCUT2D eigenvalue weighted by atomic mass is 19.4. The second-order valence-electron chi connectivity index (χ2n) is 11.0. The van der Waals surface area contributed by atoms with E-state index >= 15 is 0 Å². The van der Waals surface area contributed by atoms with Crippen LogP contribution in [0.2, 0.25) is 0 Å². The quantitative estimate of drug-likeness (QED) is 0.362. The van der Waals surface area contributed by atoms with Crippen molar-refractivity contribution in [2.45, 2.75) is 37.6 Å². The first-order valence-corrected chi connectivity index (χ1v) is 14.0. The number of carbonyl (C=O) groups excluding carboxylic acids is 1. The predicted octanol–water partition coefficient (Wildman–Crippen LogP) is 4.98. The second-order valence-corrected chi connectivity index (χ2v) is 11.0. The van der Waals surface area contributed by atoms with Crippen LogP contribution < -0.4 is 10.2 Å². The number of nitrogens with zero attached hydrogens (tertiary/aromatic N) is 3. The van der Waals surface area contributed by atoms with Crippen molar-refractivity contribution in [1.29, 1.82) is 0 Å². The summed E-state index contributed by atoms with van der Waals surface area (Å²) in [6, 6.07) is 25.9. The molecule has 2 aliphatic rings. The Morgan fingerprint density at radius 1 is 0.927 bits per heavy atom. The van der Waals surface area contributed by atoms with Crippen LogP contribution >= 0.6 is 0 Å².